The number of carbonyl (C=O) groups excluding carboxylic acids is 2. The molecule has 0 spiro atoms. The van der Waals surface area contributed by atoms with Gasteiger partial charge < -0.3 is 26.0 Å². The molecule has 0 fully saturated rings. The average Bonchev–Trinajstić information content (AvgIpc) is 3.53. The number of H-pyrrole nitrogens is 1. The molecule has 5 N–H and O–H groups in total. The second-order valence-electron chi connectivity index (χ2n) is 11.2. The van der Waals surface area contributed by atoms with E-state index in [9.17, 15) is 14.7 Å². The van der Waals surface area contributed by atoms with Crippen molar-refractivity contribution >= 4 is 22.6 Å². The van der Waals surface area contributed by atoms with Crippen LogP contribution < -0.4 is 16.0 Å². The fraction of sp³-hybridized carbons (Fsp3) is 0.382. The van der Waals surface area contributed by atoms with Gasteiger partial charge in [0.25, 0.3) is 5.91 Å². The van der Waals surface area contributed by atoms with E-state index in [2.05, 4.69) is 62.9 Å². The summed E-state index contributed by atoms with van der Waals surface area (Å²) in [6.07, 6.45) is 4.68. The number of imidazole rings is 1. The third-order valence-corrected chi connectivity index (χ3v) is 7.72. The molecule has 0 bridgehead atoms. The Morgan fingerprint density at radius 2 is 1.70 bits per heavy atom. The predicted molar refractivity (Wildman–Crippen MR) is 170 cm³/mol. The maximum Gasteiger partial charge on any atom is 0.251 e. The molecule has 0 saturated carbocycles. The Morgan fingerprint density at radius 1 is 0.930 bits per heavy atom. The Bertz CT molecular complexity index is 1430. The van der Waals surface area contributed by atoms with Gasteiger partial charge in [-0.05, 0) is 74.2 Å². The van der Waals surface area contributed by atoms with Crippen LogP contribution in [0, 0.1) is 0 Å². The van der Waals surface area contributed by atoms with Gasteiger partial charge in [-0.1, -0.05) is 54.6 Å². The highest BCUT2D eigenvalue weighted by molar-refractivity contribution is 5.97. The number of hydrogen-bond donors (Lipinski definition) is 5. The van der Waals surface area contributed by atoms with Crippen LogP contribution in [0.25, 0.3) is 10.8 Å². The zero-order chi connectivity index (χ0) is 30.6. The molecule has 4 aromatic rings. The maximum atomic E-state index is 13.6. The van der Waals surface area contributed by atoms with Crippen molar-refractivity contribution < 1.29 is 14.7 Å². The van der Waals surface area contributed by atoms with Crippen molar-refractivity contribution in [2.24, 2.45) is 0 Å². The lowest BCUT2D eigenvalue weighted by Gasteiger charge is -2.27. The minimum atomic E-state index is -0.706. The van der Waals surface area contributed by atoms with Crippen molar-refractivity contribution in [2.45, 2.75) is 64.8 Å². The molecule has 2 atom stereocenters. The summed E-state index contributed by atoms with van der Waals surface area (Å²) in [5.74, 6) is 0.359. The highest BCUT2D eigenvalue weighted by Crippen LogP contribution is 2.24. The van der Waals surface area contributed by atoms with Crippen LogP contribution in [0.4, 0.5) is 0 Å². The van der Waals surface area contributed by atoms with Gasteiger partial charge in [0.2, 0.25) is 5.91 Å². The number of nitrogens with zero attached hydrogens (tertiary/aromatic N) is 2. The molecule has 0 aliphatic rings. The van der Waals surface area contributed by atoms with Gasteiger partial charge in [0.15, 0.2) is 0 Å². The second kappa shape index (κ2) is 16.0. The molecule has 1 aromatic heterocycles. The lowest BCUT2D eigenvalue weighted by Crippen LogP contribution is -2.47. The molecule has 1 heterocycles. The topological polar surface area (TPSA) is 122 Å². The van der Waals surface area contributed by atoms with Crippen LogP contribution in [-0.4, -0.2) is 63.6 Å². The number of fused-ring (bicyclic) bond motifs is 1. The fourth-order valence-corrected chi connectivity index (χ4v) is 5.28. The second-order valence-corrected chi connectivity index (χ2v) is 11.2. The summed E-state index contributed by atoms with van der Waals surface area (Å²) in [6.45, 7) is 8.77. The molecule has 0 aliphatic heterocycles. The number of nitrogens with one attached hydrogen (secondary N) is 4. The van der Waals surface area contributed by atoms with Gasteiger partial charge in [-0.15, -0.1) is 0 Å². The van der Waals surface area contributed by atoms with Gasteiger partial charge >= 0.3 is 0 Å². The molecule has 4 rings (SSSR count). The summed E-state index contributed by atoms with van der Waals surface area (Å²) in [7, 11) is 0. The van der Waals surface area contributed by atoms with E-state index in [0.29, 0.717) is 38.0 Å². The third-order valence-electron chi connectivity index (χ3n) is 7.72. The first-order valence-electron chi connectivity index (χ1n) is 15.1. The van der Waals surface area contributed by atoms with Crippen molar-refractivity contribution in [1.82, 2.24) is 30.8 Å². The molecule has 0 aliphatic carbocycles. The largest absolute Gasteiger partial charge is 0.395 e. The Kier molecular flexibility index (Phi) is 11.8. The summed E-state index contributed by atoms with van der Waals surface area (Å²) in [4.78, 5) is 36.4. The summed E-state index contributed by atoms with van der Waals surface area (Å²) in [6, 6.07) is 20.9. The quantitative estimate of drug-likeness (QED) is 0.134. The first-order valence-corrected chi connectivity index (χ1v) is 15.1. The highest BCUT2D eigenvalue weighted by Gasteiger charge is 2.24. The first kappa shape index (κ1) is 31.9. The number of aromatic amines is 1. The van der Waals surface area contributed by atoms with Crippen LogP contribution in [0.15, 0.2) is 79.1 Å². The smallest absolute Gasteiger partial charge is 0.251 e. The number of aromatic nitrogens is 2. The Morgan fingerprint density at radius 3 is 2.42 bits per heavy atom. The van der Waals surface area contributed by atoms with Gasteiger partial charge in [-0.3, -0.25) is 14.5 Å². The zero-order valence-corrected chi connectivity index (χ0v) is 25.3. The summed E-state index contributed by atoms with van der Waals surface area (Å²) in [5, 5.41) is 21.1. The van der Waals surface area contributed by atoms with Crippen molar-refractivity contribution in [3.05, 3.63) is 102 Å². The van der Waals surface area contributed by atoms with E-state index in [1.54, 1.807) is 24.5 Å². The average molecular weight is 585 g/mol. The number of benzene rings is 3. The molecule has 9 nitrogen and oxygen atoms in total. The van der Waals surface area contributed by atoms with Crippen molar-refractivity contribution in [2.75, 3.05) is 19.7 Å². The molecule has 3 aromatic carbocycles. The van der Waals surface area contributed by atoms with E-state index in [1.807, 2.05) is 43.3 Å². The van der Waals surface area contributed by atoms with E-state index >= 15 is 0 Å². The van der Waals surface area contributed by atoms with E-state index < -0.39 is 6.04 Å². The summed E-state index contributed by atoms with van der Waals surface area (Å²) < 4.78 is 0. The minimum Gasteiger partial charge on any atom is -0.395 e. The van der Waals surface area contributed by atoms with Crippen molar-refractivity contribution in [3.8, 4) is 0 Å². The number of carbonyl (C=O) groups is 2. The van der Waals surface area contributed by atoms with E-state index in [-0.39, 0.29) is 30.5 Å². The van der Waals surface area contributed by atoms with E-state index in [4.69, 9.17) is 0 Å². The van der Waals surface area contributed by atoms with Crippen LogP contribution in [0.1, 0.15) is 67.0 Å². The first-order chi connectivity index (χ1) is 20.9. The fourth-order valence-electron chi connectivity index (χ4n) is 5.28. The molecular weight excluding hydrogens is 540 g/mol. The number of aliphatic hydroxyl groups excluding tert-OH is 1. The lowest BCUT2D eigenvalue weighted by molar-refractivity contribution is -0.123. The predicted octanol–water partition coefficient (Wildman–Crippen LogP) is 4.31. The molecule has 2 amide bonds. The molecule has 1 unspecified atom stereocenters. The number of hydrogen-bond acceptors (Lipinski definition) is 6. The molecule has 9 heteroatoms. The van der Waals surface area contributed by atoms with Gasteiger partial charge in [-0.25, -0.2) is 4.98 Å². The Balaban J connectivity index is 1.41. The Labute approximate surface area is 254 Å². The normalized spacial score (nSPS) is 12.9. The van der Waals surface area contributed by atoms with Crippen LogP contribution >= 0.6 is 0 Å². The van der Waals surface area contributed by atoms with Crippen LogP contribution in [0.3, 0.4) is 0 Å². The standard InChI is InChI=1S/C34H44N6O3/c1-24(2)40(20-21-41)19-7-12-31(34(43)38-25(3)29-11-6-9-27-8-4-5-10-30(27)29)39-33(42)28-15-13-26(14-16-28)22-35-23-32-36-17-18-37-32/h4-6,8-11,13-18,24-25,31,35,41H,7,12,19-23H2,1-3H3,(H,36,37)(H,38,43)(H,39,42)/t25?,31-/m0/s1. The van der Waals surface area contributed by atoms with E-state index in [0.717, 1.165) is 34.3 Å². The SMILES string of the molecule is CC(NC(=O)[C@H](CCCN(CCO)C(C)C)NC(=O)c1ccc(CNCc2ncc[nH]2)cc1)c1cccc2ccccc12. The number of aliphatic hydroxyl groups is 1. The van der Waals surface area contributed by atoms with Crippen molar-refractivity contribution in [3.63, 3.8) is 0 Å². The summed E-state index contributed by atoms with van der Waals surface area (Å²) >= 11 is 0. The van der Waals surface area contributed by atoms with Crippen LogP contribution in [-0.2, 0) is 17.9 Å². The number of rotatable bonds is 16. The Hall–Kier alpha value is -4.05. The highest BCUT2D eigenvalue weighted by atomic mass is 16.3. The molecule has 0 radical (unpaired) electrons. The molecular formula is C34H44N6O3. The van der Waals surface area contributed by atoms with Crippen molar-refractivity contribution in [1.29, 1.82) is 0 Å². The van der Waals surface area contributed by atoms with Gasteiger partial charge in [0.1, 0.15) is 11.9 Å². The minimum absolute atomic E-state index is 0.0791. The molecule has 0 saturated heterocycles. The zero-order valence-electron chi connectivity index (χ0n) is 25.3. The lowest BCUT2D eigenvalue weighted by atomic mass is 9.99. The van der Waals surface area contributed by atoms with Gasteiger partial charge in [0.05, 0.1) is 19.2 Å². The van der Waals surface area contributed by atoms with Gasteiger partial charge in [0, 0.05) is 37.1 Å². The van der Waals surface area contributed by atoms with Crippen LogP contribution in [0.2, 0.25) is 0 Å². The summed E-state index contributed by atoms with van der Waals surface area (Å²) in [5.41, 5.74) is 2.57. The molecule has 228 valence electrons. The monoisotopic (exact) mass is 584 g/mol. The van der Waals surface area contributed by atoms with Gasteiger partial charge in [-0.2, -0.15) is 0 Å². The molecule has 43 heavy (non-hydrogen) atoms. The van der Waals surface area contributed by atoms with Crippen LogP contribution in [0.5, 0.6) is 0 Å². The number of amides is 2. The maximum absolute atomic E-state index is 13.6. The van der Waals surface area contributed by atoms with E-state index in [1.165, 1.54) is 0 Å². The third kappa shape index (κ3) is 9.22.